The molecule has 3 nitrogen and oxygen atoms in total. The summed E-state index contributed by atoms with van der Waals surface area (Å²) in [6.07, 6.45) is 12.1. The van der Waals surface area contributed by atoms with Crippen LogP contribution in [0.3, 0.4) is 0 Å². The Morgan fingerprint density at radius 3 is 2.23 bits per heavy atom. The maximum atomic E-state index is 11.6. The summed E-state index contributed by atoms with van der Waals surface area (Å²) in [5.74, 6) is 0.254. The molecule has 1 N–H and O–H groups in total. The van der Waals surface area contributed by atoms with Gasteiger partial charge >= 0.3 is 5.97 Å². The zero-order valence-corrected chi connectivity index (χ0v) is 13.2. The van der Waals surface area contributed by atoms with Gasteiger partial charge in [0.15, 0.2) is 0 Å². The van der Waals surface area contributed by atoms with Crippen molar-refractivity contribution in [1.82, 2.24) is 0 Å². The number of carboxylic acid groups (broad SMARTS) is 1. The quantitative estimate of drug-likeness (QED) is 0.837. The van der Waals surface area contributed by atoms with Crippen LogP contribution >= 0.6 is 0 Å². The molecule has 0 aromatic heterocycles. The molecule has 2 saturated carbocycles. The normalized spacial score (nSPS) is 20.7. The fraction of sp³-hybridized carbons (Fsp3) is 0.632. The van der Waals surface area contributed by atoms with Gasteiger partial charge in [0.2, 0.25) is 0 Å². The van der Waals surface area contributed by atoms with Crippen LogP contribution in [0.5, 0.6) is 5.75 Å². The first kappa shape index (κ1) is 15.4. The summed E-state index contributed by atoms with van der Waals surface area (Å²) in [6, 6.07) is 5.65. The fourth-order valence-electron chi connectivity index (χ4n) is 3.94. The SMILES string of the molecule is O=C(O)c1cccc(C2CCCCC2)c1OC1CCCCC1. The lowest BCUT2D eigenvalue weighted by molar-refractivity contribution is 0.0685. The first-order valence-electron chi connectivity index (χ1n) is 8.78. The van der Waals surface area contributed by atoms with Gasteiger partial charge in [0.25, 0.3) is 0 Å². The smallest absolute Gasteiger partial charge is 0.339 e. The van der Waals surface area contributed by atoms with Crippen molar-refractivity contribution in [2.75, 3.05) is 0 Å². The molecule has 0 atom stereocenters. The van der Waals surface area contributed by atoms with Crippen LogP contribution in [-0.2, 0) is 0 Å². The number of benzene rings is 1. The lowest BCUT2D eigenvalue weighted by Gasteiger charge is -2.29. The number of carbonyl (C=O) groups is 1. The van der Waals surface area contributed by atoms with E-state index in [1.165, 1.54) is 38.5 Å². The summed E-state index contributed by atoms with van der Waals surface area (Å²) in [5, 5.41) is 9.54. The second-order valence-corrected chi connectivity index (χ2v) is 6.74. The Balaban J connectivity index is 1.90. The maximum absolute atomic E-state index is 11.6. The minimum Gasteiger partial charge on any atom is -0.489 e. The third kappa shape index (κ3) is 3.45. The molecule has 0 unspecified atom stereocenters. The molecular formula is C19H26O3. The van der Waals surface area contributed by atoms with Crippen LogP contribution in [0.4, 0.5) is 0 Å². The van der Waals surface area contributed by atoms with Gasteiger partial charge in [-0.25, -0.2) is 4.79 Å². The van der Waals surface area contributed by atoms with Crippen molar-refractivity contribution in [3.8, 4) is 5.75 Å². The van der Waals surface area contributed by atoms with E-state index in [9.17, 15) is 9.90 Å². The Bertz CT molecular complexity index is 511. The van der Waals surface area contributed by atoms with Crippen molar-refractivity contribution >= 4 is 5.97 Å². The third-order valence-corrected chi connectivity index (χ3v) is 5.16. The lowest BCUT2D eigenvalue weighted by Crippen LogP contribution is -2.22. The first-order chi connectivity index (χ1) is 10.8. The lowest BCUT2D eigenvalue weighted by atomic mass is 9.83. The number of aromatic carboxylic acids is 1. The van der Waals surface area contributed by atoms with Gasteiger partial charge in [0, 0.05) is 0 Å². The minimum absolute atomic E-state index is 0.191. The maximum Gasteiger partial charge on any atom is 0.339 e. The standard InChI is InChI=1S/C19H26O3/c20-19(21)17-13-7-12-16(14-8-3-1-4-9-14)18(17)22-15-10-5-2-6-11-15/h7,12-15H,1-6,8-11H2,(H,20,21). The molecule has 0 spiro atoms. The minimum atomic E-state index is -0.872. The first-order valence-corrected chi connectivity index (χ1v) is 8.78. The van der Waals surface area contributed by atoms with Crippen LogP contribution in [0.2, 0.25) is 0 Å². The number of para-hydroxylation sites is 1. The van der Waals surface area contributed by atoms with Gasteiger partial charge in [-0.2, -0.15) is 0 Å². The van der Waals surface area contributed by atoms with Crippen molar-refractivity contribution in [3.05, 3.63) is 29.3 Å². The Hall–Kier alpha value is -1.51. The summed E-state index contributed by atoms with van der Waals surface area (Å²) in [6.45, 7) is 0. The number of hydrogen-bond acceptors (Lipinski definition) is 2. The second kappa shape index (κ2) is 7.17. The van der Waals surface area contributed by atoms with Crippen LogP contribution in [0.1, 0.15) is 86.0 Å². The van der Waals surface area contributed by atoms with Gasteiger partial charge < -0.3 is 9.84 Å². The van der Waals surface area contributed by atoms with Gasteiger partial charge in [0.05, 0.1) is 6.10 Å². The average Bonchev–Trinajstić information content (AvgIpc) is 2.56. The highest BCUT2D eigenvalue weighted by atomic mass is 16.5. The number of carboxylic acids is 1. The number of ether oxygens (including phenoxy) is 1. The molecule has 1 aromatic rings. The zero-order valence-electron chi connectivity index (χ0n) is 13.2. The molecule has 0 saturated heterocycles. The second-order valence-electron chi connectivity index (χ2n) is 6.74. The molecular weight excluding hydrogens is 276 g/mol. The summed E-state index contributed by atoms with van der Waals surface area (Å²) in [7, 11) is 0. The van der Waals surface area contributed by atoms with Crippen molar-refractivity contribution in [3.63, 3.8) is 0 Å². The van der Waals surface area contributed by atoms with E-state index in [2.05, 4.69) is 6.07 Å². The molecule has 22 heavy (non-hydrogen) atoms. The Morgan fingerprint density at radius 2 is 1.59 bits per heavy atom. The van der Waals surface area contributed by atoms with E-state index in [-0.39, 0.29) is 6.10 Å². The molecule has 0 amide bonds. The van der Waals surface area contributed by atoms with Crippen LogP contribution in [-0.4, -0.2) is 17.2 Å². The fourth-order valence-corrected chi connectivity index (χ4v) is 3.94. The van der Waals surface area contributed by atoms with E-state index >= 15 is 0 Å². The van der Waals surface area contributed by atoms with E-state index in [4.69, 9.17) is 4.74 Å². The average molecular weight is 302 g/mol. The van der Waals surface area contributed by atoms with Crippen molar-refractivity contribution in [1.29, 1.82) is 0 Å². The Labute approximate surface area is 132 Å². The van der Waals surface area contributed by atoms with E-state index in [0.29, 0.717) is 17.2 Å². The van der Waals surface area contributed by atoms with E-state index < -0.39 is 5.97 Å². The third-order valence-electron chi connectivity index (χ3n) is 5.16. The topological polar surface area (TPSA) is 46.5 Å². The molecule has 0 aliphatic heterocycles. The van der Waals surface area contributed by atoms with E-state index in [1.807, 2.05) is 6.07 Å². The van der Waals surface area contributed by atoms with Crippen LogP contribution < -0.4 is 4.74 Å². The van der Waals surface area contributed by atoms with Gasteiger partial charge in [0.1, 0.15) is 11.3 Å². The van der Waals surface area contributed by atoms with Crippen molar-refractivity contribution in [2.24, 2.45) is 0 Å². The van der Waals surface area contributed by atoms with Crippen molar-refractivity contribution < 1.29 is 14.6 Å². The highest BCUT2D eigenvalue weighted by molar-refractivity contribution is 5.91. The van der Waals surface area contributed by atoms with Gasteiger partial charge in [-0.3, -0.25) is 0 Å². The van der Waals surface area contributed by atoms with Crippen molar-refractivity contribution in [2.45, 2.75) is 76.2 Å². The largest absolute Gasteiger partial charge is 0.489 e. The predicted octanol–water partition coefficient (Wildman–Crippen LogP) is 5.14. The monoisotopic (exact) mass is 302 g/mol. The van der Waals surface area contributed by atoms with E-state index in [1.54, 1.807) is 6.07 Å². The summed E-state index contributed by atoms with van der Waals surface area (Å²) < 4.78 is 6.25. The molecule has 1 aromatic carbocycles. The molecule has 0 radical (unpaired) electrons. The Kier molecular flexibility index (Phi) is 5.01. The zero-order chi connectivity index (χ0) is 15.4. The van der Waals surface area contributed by atoms with Gasteiger partial charge in [-0.05, 0) is 56.1 Å². The van der Waals surface area contributed by atoms with Gasteiger partial charge in [-0.15, -0.1) is 0 Å². The van der Waals surface area contributed by atoms with Crippen LogP contribution in [0.25, 0.3) is 0 Å². The van der Waals surface area contributed by atoms with Gasteiger partial charge in [-0.1, -0.05) is 37.8 Å². The summed E-state index contributed by atoms with van der Waals surface area (Å²) in [4.78, 5) is 11.6. The highest BCUT2D eigenvalue weighted by Gasteiger charge is 2.26. The number of rotatable bonds is 4. The molecule has 2 aliphatic rings. The summed E-state index contributed by atoms with van der Waals surface area (Å²) in [5.41, 5.74) is 1.47. The molecule has 0 bridgehead atoms. The Morgan fingerprint density at radius 1 is 0.955 bits per heavy atom. The molecule has 2 aliphatic carbocycles. The molecule has 3 heteroatoms. The van der Waals surface area contributed by atoms with E-state index in [0.717, 1.165) is 31.2 Å². The molecule has 0 heterocycles. The molecule has 2 fully saturated rings. The summed E-state index contributed by atoms with van der Waals surface area (Å²) >= 11 is 0. The number of hydrogen-bond donors (Lipinski definition) is 1. The predicted molar refractivity (Wildman–Crippen MR) is 86.7 cm³/mol. The molecule has 120 valence electrons. The highest BCUT2D eigenvalue weighted by Crippen LogP contribution is 2.40. The molecule has 3 rings (SSSR count). The van der Waals surface area contributed by atoms with Crippen LogP contribution in [0.15, 0.2) is 18.2 Å². The van der Waals surface area contributed by atoms with Crippen LogP contribution in [0, 0.1) is 0 Å².